The molecule has 1 aliphatic heterocycles. The first-order chi connectivity index (χ1) is 23.0. The van der Waals surface area contributed by atoms with E-state index in [4.69, 9.17) is 23.4 Å². The predicted molar refractivity (Wildman–Crippen MR) is 177 cm³/mol. The van der Waals surface area contributed by atoms with Crippen molar-refractivity contribution >= 4 is 39.2 Å². The number of fused-ring (bicyclic) bond motifs is 1. The first-order valence-electron chi connectivity index (χ1n) is 14.7. The number of carbonyl (C=O) groups excluding carboxylic acids is 1. The third-order valence-electron chi connectivity index (χ3n) is 7.34. The van der Waals surface area contributed by atoms with E-state index >= 15 is 0 Å². The molecule has 2 heterocycles. The van der Waals surface area contributed by atoms with Gasteiger partial charge in [-0.05, 0) is 67.4 Å². The second-order valence-corrected chi connectivity index (χ2v) is 12.9. The third kappa shape index (κ3) is 6.87. The molecule has 0 radical (unpaired) electrons. The van der Waals surface area contributed by atoms with Crippen molar-refractivity contribution in [3.8, 4) is 17.2 Å². The van der Waals surface area contributed by atoms with Crippen LogP contribution in [-0.4, -0.2) is 44.7 Å². The lowest BCUT2D eigenvalue weighted by molar-refractivity contribution is -0.384. The molecule has 250 valence electrons. The monoisotopic (exact) mass is 693 g/mol. The molecular formula is C33H31N3O10S2. The molecule has 1 aromatic heterocycles. The van der Waals surface area contributed by atoms with Gasteiger partial charge < -0.3 is 18.4 Å². The lowest BCUT2D eigenvalue weighted by atomic mass is 9.93. The Hall–Kier alpha value is -5.28. The zero-order valence-electron chi connectivity index (χ0n) is 26.4. The maximum Gasteiger partial charge on any atom is 0.339 e. The first kappa shape index (κ1) is 34.1. The molecule has 1 atom stereocenters. The summed E-state index contributed by atoms with van der Waals surface area (Å²) in [6.45, 7) is 3.80. The van der Waals surface area contributed by atoms with Crippen molar-refractivity contribution in [2.45, 2.75) is 37.6 Å². The van der Waals surface area contributed by atoms with Crippen molar-refractivity contribution in [3.05, 3.63) is 119 Å². The molecule has 15 heteroatoms. The molecule has 3 aromatic carbocycles. The Morgan fingerprint density at radius 2 is 1.71 bits per heavy atom. The van der Waals surface area contributed by atoms with Crippen LogP contribution in [-0.2, 0) is 19.6 Å². The van der Waals surface area contributed by atoms with Crippen LogP contribution >= 0.6 is 11.3 Å². The maximum absolute atomic E-state index is 14.1. The SMILES string of the molecule is CCCC1=C(C(=O)OCC)[C@@H](c2cc(OC)ccc2OC)n2c(s/c(=C\c3ccc(OS(=O)(=O)c4ccc([N+](=O)[O-])cc4)cc3)c2=O)=N1. The van der Waals surface area contributed by atoms with E-state index in [9.17, 15) is 28.1 Å². The maximum atomic E-state index is 14.1. The van der Waals surface area contributed by atoms with E-state index in [-0.39, 0.29) is 28.5 Å². The number of esters is 1. The van der Waals surface area contributed by atoms with Crippen LogP contribution < -0.4 is 28.5 Å². The molecule has 4 aromatic rings. The minimum atomic E-state index is -4.26. The summed E-state index contributed by atoms with van der Waals surface area (Å²) in [6, 6.07) is 14.6. The summed E-state index contributed by atoms with van der Waals surface area (Å²) in [5, 5.41) is 10.9. The van der Waals surface area contributed by atoms with Crippen molar-refractivity contribution in [2.75, 3.05) is 20.8 Å². The van der Waals surface area contributed by atoms with Gasteiger partial charge in [-0.15, -0.1) is 0 Å². The number of hydrogen-bond donors (Lipinski definition) is 0. The molecule has 0 N–H and O–H groups in total. The Balaban J connectivity index is 1.57. The summed E-state index contributed by atoms with van der Waals surface area (Å²) in [7, 11) is -1.25. The van der Waals surface area contributed by atoms with Crippen molar-refractivity contribution in [1.82, 2.24) is 4.57 Å². The van der Waals surface area contributed by atoms with Gasteiger partial charge in [0.05, 0.1) is 41.6 Å². The summed E-state index contributed by atoms with van der Waals surface area (Å²) in [4.78, 5) is 42.8. The summed E-state index contributed by atoms with van der Waals surface area (Å²) in [5.41, 5.74) is 1.17. The van der Waals surface area contributed by atoms with E-state index < -0.39 is 32.6 Å². The molecule has 0 saturated heterocycles. The number of ether oxygens (including phenoxy) is 3. The van der Waals surface area contributed by atoms with Crippen LogP contribution in [0.2, 0.25) is 0 Å². The topological polar surface area (TPSA) is 166 Å². The number of non-ortho nitro benzene ring substituents is 1. The summed E-state index contributed by atoms with van der Waals surface area (Å²) < 4.78 is 49.0. The van der Waals surface area contributed by atoms with Crippen LogP contribution in [0.4, 0.5) is 5.69 Å². The zero-order valence-corrected chi connectivity index (χ0v) is 28.0. The molecule has 13 nitrogen and oxygen atoms in total. The van der Waals surface area contributed by atoms with Crippen molar-refractivity contribution < 1.29 is 36.5 Å². The highest BCUT2D eigenvalue weighted by atomic mass is 32.2. The molecule has 48 heavy (non-hydrogen) atoms. The van der Waals surface area contributed by atoms with Crippen LogP contribution in [0.3, 0.4) is 0 Å². The number of thiazole rings is 1. The number of carbonyl (C=O) groups is 1. The Morgan fingerprint density at radius 3 is 2.31 bits per heavy atom. The van der Waals surface area contributed by atoms with E-state index in [1.54, 1.807) is 43.3 Å². The van der Waals surface area contributed by atoms with Gasteiger partial charge in [-0.3, -0.25) is 19.5 Å². The van der Waals surface area contributed by atoms with E-state index in [1.807, 2.05) is 6.92 Å². The fourth-order valence-corrected chi connectivity index (χ4v) is 7.10. The molecule has 0 amide bonds. The second-order valence-electron chi connectivity index (χ2n) is 10.4. The summed E-state index contributed by atoms with van der Waals surface area (Å²) >= 11 is 1.14. The van der Waals surface area contributed by atoms with Gasteiger partial charge in [0, 0.05) is 17.7 Å². The number of nitro groups is 1. The number of methoxy groups -OCH3 is 2. The minimum absolute atomic E-state index is 0.000341. The normalized spacial score (nSPS) is 14.6. The number of aromatic nitrogens is 1. The van der Waals surface area contributed by atoms with E-state index in [0.29, 0.717) is 50.5 Å². The van der Waals surface area contributed by atoms with Crippen molar-refractivity contribution in [3.63, 3.8) is 0 Å². The Kier molecular flexibility index (Phi) is 10.1. The number of benzene rings is 3. The number of nitrogens with zero attached hydrogens (tertiary/aromatic N) is 3. The van der Waals surface area contributed by atoms with E-state index in [0.717, 1.165) is 35.6 Å². The van der Waals surface area contributed by atoms with Crippen LogP contribution in [0.15, 0.2) is 92.7 Å². The molecule has 0 fully saturated rings. The standard InChI is InChI=1S/C33H31N3O10S2/c1-5-7-26-29(32(38)45-6-2)30(25-19-23(43-3)14-17-27(25)44-4)35-31(37)28(47-33(35)34-26)18-20-8-12-22(13-9-20)46-48(41,42)24-15-10-21(11-16-24)36(39)40/h8-19,30H,5-7H2,1-4H3/b28-18-/t30-/m1/s1. The zero-order chi connectivity index (χ0) is 34.6. The first-order valence-corrected chi connectivity index (χ1v) is 17.0. The second kappa shape index (κ2) is 14.2. The summed E-state index contributed by atoms with van der Waals surface area (Å²) in [6.07, 6.45) is 2.78. The molecule has 0 aliphatic carbocycles. The van der Waals surface area contributed by atoms with Gasteiger partial charge >= 0.3 is 16.1 Å². The molecule has 0 spiro atoms. The Labute approximate surface area is 279 Å². The predicted octanol–water partition coefficient (Wildman–Crippen LogP) is 4.27. The van der Waals surface area contributed by atoms with Gasteiger partial charge in [0.15, 0.2) is 4.80 Å². The van der Waals surface area contributed by atoms with Gasteiger partial charge in [-0.1, -0.05) is 36.8 Å². The Bertz CT molecular complexity index is 2190. The average molecular weight is 694 g/mol. The van der Waals surface area contributed by atoms with Gasteiger partial charge in [0.2, 0.25) is 0 Å². The number of rotatable bonds is 12. The van der Waals surface area contributed by atoms with E-state index in [1.165, 1.54) is 30.9 Å². The van der Waals surface area contributed by atoms with Crippen LogP contribution in [0, 0.1) is 10.1 Å². The quantitative estimate of drug-likeness (QED) is 0.0905. The van der Waals surface area contributed by atoms with Gasteiger partial charge in [0.1, 0.15) is 28.2 Å². The molecule has 1 aliphatic rings. The van der Waals surface area contributed by atoms with Crippen LogP contribution in [0.25, 0.3) is 6.08 Å². The average Bonchev–Trinajstić information content (AvgIpc) is 3.38. The molecule has 0 saturated carbocycles. The summed E-state index contributed by atoms with van der Waals surface area (Å²) in [5.74, 6) is 0.353. The minimum Gasteiger partial charge on any atom is -0.497 e. The lowest BCUT2D eigenvalue weighted by Crippen LogP contribution is -2.40. The number of nitro benzene ring substituents is 1. The van der Waals surface area contributed by atoms with E-state index in [2.05, 4.69) is 0 Å². The third-order valence-corrected chi connectivity index (χ3v) is 9.59. The molecule has 0 bridgehead atoms. The van der Waals surface area contributed by atoms with Gasteiger partial charge in [-0.2, -0.15) is 8.42 Å². The molecule has 0 unspecified atom stereocenters. The largest absolute Gasteiger partial charge is 0.497 e. The molecular weight excluding hydrogens is 663 g/mol. The highest BCUT2D eigenvalue weighted by molar-refractivity contribution is 7.87. The van der Waals surface area contributed by atoms with Crippen molar-refractivity contribution in [1.29, 1.82) is 0 Å². The van der Waals surface area contributed by atoms with Crippen LogP contribution in [0.1, 0.15) is 43.9 Å². The van der Waals surface area contributed by atoms with Crippen molar-refractivity contribution in [2.24, 2.45) is 4.99 Å². The lowest BCUT2D eigenvalue weighted by Gasteiger charge is -2.27. The van der Waals surface area contributed by atoms with Gasteiger partial charge in [-0.25, -0.2) is 9.79 Å². The molecule has 5 rings (SSSR count). The number of hydrogen-bond acceptors (Lipinski definition) is 12. The number of allylic oxidation sites excluding steroid dienone is 1. The van der Waals surface area contributed by atoms with Gasteiger partial charge in [0.25, 0.3) is 11.2 Å². The smallest absolute Gasteiger partial charge is 0.339 e. The highest BCUT2D eigenvalue weighted by Crippen LogP contribution is 2.38. The Morgan fingerprint density at radius 1 is 1.02 bits per heavy atom. The fourth-order valence-electron chi connectivity index (χ4n) is 5.15. The van der Waals surface area contributed by atoms with Crippen LogP contribution in [0.5, 0.6) is 17.2 Å². The fraction of sp³-hybridized carbons (Fsp3) is 0.242. The highest BCUT2D eigenvalue weighted by Gasteiger charge is 2.36.